The maximum absolute atomic E-state index is 5.64. The summed E-state index contributed by atoms with van der Waals surface area (Å²) >= 11 is 2.86. The van der Waals surface area contributed by atoms with E-state index < -0.39 is 0 Å². The van der Waals surface area contributed by atoms with E-state index in [1.165, 1.54) is 22.7 Å². The molecule has 0 unspecified atom stereocenters. The zero-order chi connectivity index (χ0) is 13.9. The number of hydrogen-bond donors (Lipinski definition) is 1. The van der Waals surface area contributed by atoms with Gasteiger partial charge in [-0.1, -0.05) is 17.4 Å². The highest BCUT2D eigenvalue weighted by Crippen LogP contribution is 2.36. The lowest BCUT2D eigenvalue weighted by atomic mass is 10.3. The number of nitrogens with zero attached hydrogens (tertiary/aromatic N) is 4. The molecular weight excluding hydrogens is 294 g/mol. The van der Waals surface area contributed by atoms with Gasteiger partial charge in [0.15, 0.2) is 5.01 Å². The Morgan fingerprint density at radius 2 is 2.10 bits per heavy atom. The fourth-order valence-corrected chi connectivity index (χ4v) is 3.43. The molecule has 2 N–H and O–H groups in total. The van der Waals surface area contributed by atoms with Gasteiger partial charge < -0.3 is 10.5 Å². The summed E-state index contributed by atoms with van der Waals surface area (Å²) in [6.45, 7) is 0.415. The van der Waals surface area contributed by atoms with Gasteiger partial charge in [-0.2, -0.15) is 0 Å². The fraction of sp³-hybridized carbons (Fsp3) is 0.167. The first-order valence-electron chi connectivity index (χ1n) is 5.77. The number of hydrogen-bond acceptors (Lipinski definition) is 8. The van der Waals surface area contributed by atoms with Gasteiger partial charge in [0, 0.05) is 13.3 Å². The number of aromatic nitrogens is 4. The quantitative estimate of drug-likeness (QED) is 0.796. The predicted octanol–water partition coefficient (Wildman–Crippen LogP) is 2.45. The van der Waals surface area contributed by atoms with Gasteiger partial charge in [-0.05, 0) is 12.1 Å². The third kappa shape index (κ3) is 2.53. The standard InChI is InChI=1S/C12H11N5OS2/c1-18-6-8-9(11-16-17-12(13)20-11)19-10(15-8)7-4-2-3-5-14-7/h2-5H,6H2,1H3,(H2,13,17). The number of nitrogen functional groups attached to an aromatic ring is 1. The molecular formula is C12H11N5OS2. The summed E-state index contributed by atoms with van der Waals surface area (Å²) in [7, 11) is 1.64. The maximum atomic E-state index is 5.64. The van der Waals surface area contributed by atoms with E-state index in [-0.39, 0.29) is 0 Å². The number of nitrogens with two attached hydrogens (primary N) is 1. The van der Waals surface area contributed by atoms with Crippen molar-refractivity contribution in [1.29, 1.82) is 0 Å². The van der Waals surface area contributed by atoms with Crippen molar-refractivity contribution in [2.24, 2.45) is 0 Å². The number of ether oxygens (including phenoxy) is 1. The van der Waals surface area contributed by atoms with E-state index in [2.05, 4.69) is 20.2 Å². The number of methoxy groups -OCH3 is 1. The average molecular weight is 305 g/mol. The Hall–Kier alpha value is -1.90. The van der Waals surface area contributed by atoms with E-state index in [9.17, 15) is 0 Å². The molecule has 0 aliphatic rings. The van der Waals surface area contributed by atoms with Crippen molar-refractivity contribution in [3.63, 3.8) is 0 Å². The van der Waals surface area contributed by atoms with Crippen LogP contribution in [-0.2, 0) is 11.3 Å². The molecule has 0 fully saturated rings. The van der Waals surface area contributed by atoms with E-state index in [1.54, 1.807) is 13.3 Å². The van der Waals surface area contributed by atoms with Crippen LogP contribution in [0.4, 0.5) is 5.13 Å². The van der Waals surface area contributed by atoms with Crippen LogP contribution in [0.1, 0.15) is 5.69 Å². The Morgan fingerprint density at radius 3 is 2.75 bits per heavy atom. The Bertz CT molecular complexity index is 710. The molecule has 0 aliphatic carbocycles. The van der Waals surface area contributed by atoms with Crippen LogP contribution in [0.15, 0.2) is 24.4 Å². The molecule has 6 nitrogen and oxygen atoms in total. The number of anilines is 1. The molecule has 3 heterocycles. The monoisotopic (exact) mass is 305 g/mol. The summed E-state index contributed by atoms with van der Waals surface area (Å²) in [5.74, 6) is 0. The zero-order valence-electron chi connectivity index (χ0n) is 10.6. The van der Waals surface area contributed by atoms with Crippen LogP contribution in [0.2, 0.25) is 0 Å². The summed E-state index contributed by atoms with van der Waals surface area (Å²) in [4.78, 5) is 9.83. The molecule has 0 radical (unpaired) electrons. The average Bonchev–Trinajstić information content (AvgIpc) is 3.07. The fourth-order valence-electron chi connectivity index (χ4n) is 1.68. The Balaban J connectivity index is 2.07. The van der Waals surface area contributed by atoms with Gasteiger partial charge in [-0.25, -0.2) is 4.98 Å². The molecule has 0 saturated heterocycles. The number of pyridine rings is 1. The van der Waals surface area contributed by atoms with Gasteiger partial charge in [0.05, 0.1) is 22.9 Å². The van der Waals surface area contributed by atoms with Crippen LogP contribution in [0.5, 0.6) is 0 Å². The largest absolute Gasteiger partial charge is 0.378 e. The molecule has 0 spiro atoms. The lowest BCUT2D eigenvalue weighted by Gasteiger charge is -1.95. The highest BCUT2D eigenvalue weighted by molar-refractivity contribution is 7.24. The highest BCUT2D eigenvalue weighted by atomic mass is 32.1. The summed E-state index contributed by atoms with van der Waals surface area (Å²) < 4.78 is 5.19. The molecule has 0 bridgehead atoms. The first kappa shape index (κ1) is 13.1. The van der Waals surface area contributed by atoms with Crippen molar-refractivity contribution in [3.8, 4) is 20.6 Å². The molecule has 20 heavy (non-hydrogen) atoms. The van der Waals surface area contributed by atoms with Crippen LogP contribution >= 0.6 is 22.7 Å². The molecule has 8 heteroatoms. The van der Waals surface area contributed by atoms with Crippen molar-refractivity contribution < 1.29 is 4.74 Å². The molecule has 3 aromatic rings. The van der Waals surface area contributed by atoms with E-state index in [1.807, 2.05) is 18.2 Å². The second kappa shape index (κ2) is 5.61. The highest BCUT2D eigenvalue weighted by Gasteiger charge is 2.17. The van der Waals surface area contributed by atoms with Crippen LogP contribution < -0.4 is 5.73 Å². The van der Waals surface area contributed by atoms with Gasteiger partial charge in [-0.15, -0.1) is 21.5 Å². The van der Waals surface area contributed by atoms with Gasteiger partial charge in [0.25, 0.3) is 0 Å². The molecule has 0 atom stereocenters. The van der Waals surface area contributed by atoms with Crippen LogP contribution in [0.3, 0.4) is 0 Å². The molecule has 0 aromatic carbocycles. The number of rotatable bonds is 4. The predicted molar refractivity (Wildman–Crippen MR) is 79.4 cm³/mol. The van der Waals surface area contributed by atoms with Crippen molar-refractivity contribution in [2.75, 3.05) is 12.8 Å². The van der Waals surface area contributed by atoms with Gasteiger partial charge in [0.2, 0.25) is 5.13 Å². The Kier molecular flexibility index (Phi) is 3.68. The minimum absolute atomic E-state index is 0.415. The van der Waals surface area contributed by atoms with Crippen LogP contribution in [-0.4, -0.2) is 27.3 Å². The lowest BCUT2D eigenvalue weighted by molar-refractivity contribution is 0.182. The summed E-state index contributed by atoms with van der Waals surface area (Å²) in [6, 6.07) is 5.73. The van der Waals surface area contributed by atoms with Crippen LogP contribution in [0, 0.1) is 0 Å². The van der Waals surface area contributed by atoms with Crippen molar-refractivity contribution >= 4 is 27.8 Å². The van der Waals surface area contributed by atoms with E-state index >= 15 is 0 Å². The van der Waals surface area contributed by atoms with Crippen molar-refractivity contribution in [2.45, 2.75) is 6.61 Å². The molecule has 0 aliphatic heterocycles. The number of thiazole rings is 1. The molecule has 102 valence electrons. The summed E-state index contributed by atoms with van der Waals surface area (Å²) in [6.07, 6.45) is 1.75. The van der Waals surface area contributed by atoms with Crippen LogP contribution in [0.25, 0.3) is 20.6 Å². The molecule has 3 rings (SSSR count). The minimum Gasteiger partial charge on any atom is -0.378 e. The topological polar surface area (TPSA) is 86.8 Å². The Morgan fingerprint density at radius 1 is 1.20 bits per heavy atom. The maximum Gasteiger partial charge on any atom is 0.203 e. The normalized spacial score (nSPS) is 10.8. The first-order chi connectivity index (χ1) is 9.78. The van der Waals surface area contributed by atoms with E-state index in [0.717, 1.165) is 26.3 Å². The lowest BCUT2D eigenvalue weighted by Crippen LogP contribution is -1.90. The molecule has 0 saturated carbocycles. The Labute approximate surface area is 123 Å². The summed E-state index contributed by atoms with van der Waals surface area (Å²) in [5.41, 5.74) is 7.30. The minimum atomic E-state index is 0.415. The molecule has 0 amide bonds. The first-order valence-corrected chi connectivity index (χ1v) is 7.40. The van der Waals surface area contributed by atoms with E-state index in [4.69, 9.17) is 10.5 Å². The van der Waals surface area contributed by atoms with Crippen molar-refractivity contribution in [1.82, 2.24) is 20.2 Å². The smallest absolute Gasteiger partial charge is 0.203 e. The van der Waals surface area contributed by atoms with Crippen molar-refractivity contribution in [3.05, 3.63) is 30.1 Å². The van der Waals surface area contributed by atoms with Gasteiger partial charge >= 0.3 is 0 Å². The SMILES string of the molecule is COCc1nc(-c2ccccn2)sc1-c1nnc(N)s1. The second-order valence-electron chi connectivity index (χ2n) is 3.89. The third-order valence-electron chi connectivity index (χ3n) is 2.50. The second-order valence-corrected chi connectivity index (χ2v) is 5.90. The van der Waals surface area contributed by atoms with Gasteiger partial charge in [-0.3, -0.25) is 4.98 Å². The summed E-state index contributed by atoms with van der Waals surface area (Å²) in [5, 5.41) is 9.95. The van der Waals surface area contributed by atoms with Gasteiger partial charge in [0.1, 0.15) is 5.01 Å². The molecule has 3 aromatic heterocycles. The zero-order valence-corrected chi connectivity index (χ0v) is 12.2. The third-order valence-corrected chi connectivity index (χ3v) is 4.52. The van der Waals surface area contributed by atoms with E-state index in [0.29, 0.717) is 11.7 Å².